The van der Waals surface area contributed by atoms with Crippen molar-refractivity contribution < 1.29 is 27.8 Å². The van der Waals surface area contributed by atoms with Crippen molar-refractivity contribution in [2.24, 2.45) is 0 Å². The number of hydrogen-bond acceptors (Lipinski definition) is 5. The number of nitrogens with one attached hydrogen (secondary N) is 1. The van der Waals surface area contributed by atoms with Gasteiger partial charge in [0.15, 0.2) is 5.82 Å². The van der Waals surface area contributed by atoms with Crippen molar-refractivity contribution in [1.29, 1.82) is 0 Å². The number of carboxylic acids is 1. The van der Waals surface area contributed by atoms with Gasteiger partial charge in [-0.1, -0.05) is 13.8 Å². The summed E-state index contributed by atoms with van der Waals surface area (Å²) in [5, 5.41) is 16.3. The van der Waals surface area contributed by atoms with Crippen LogP contribution in [0.4, 0.5) is 24.7 Å². The molecule has 0 atom stereocenters. The normalized spacial score (nSPS) is 10.8. The average molecular weight is 450 g/mol. The molecule has 0 saturated heterocycles. The summed E-state index contributed by atoms with van der Waals surface area (Å²) < 4.78 is 46.0. The molecule has 7 nitrogen and oxygen atoms in total. The molecule has 0 aliphatic rings. The van der Waals surface area contributed by atoms with Crippen molar-refractivity contribution in [3.63, 3.8) is 0 Å². The monoisotopic (exact) mass is 450 g/mol. The topological polar surface area (TPSA) is 89.3 Å². The van der Waals surface area contributed by atoms with E-state index in [-0.39, 0.29) is 30.1 Å². The molecule has 10 heteroatoms. The standard InChI is InChI=1S/C20H19F3N4O3.C2H6/c1-12-7-16(5-6-24-12)27-15(3-4-19(28)29)11-18(26-27)25-14-8-13(20(21,22)23)9-17(10-14)30-2;1-2/h5-11H,3-4H2,1-2H3,(H,25,26)(H,28,29);1-2H3. The van der Waals surface area contributed by atoms with E-state index in [1.54, 1.807) is 36.0 Å². The fourth-order valence-electron chi connectivity index (χ4n) is 2.88. The number of methoxy groups -OCH3 is 1. The van der Waals surface area contributed by atoms with Crippen LogP contribution in [0.2, 0.25) is 0 Å². The number of ether oxygens (including phenoxy) is 1. The second-order valence-corrected chi connectivity index (χ2v) is 6.55. The zero-order valence-electron chi connectivity index (χ0n) is 18.2. The summed E-state index contributed by atoms with van der Waals surface area (Å²) in [6.45, 7) is 5.80. The first-order chi connectivity index (χ1) is 15.2. The second kappa shape index (κ2) is 10.7. The fourth-order valence-corrected chi connectivity index (χ4v) is 2.88. The number of rotatable bonds is 7. The molecular formula is C22H25F3N4O3. The maximum atomic E-state index is 13.2. The predicted octanol–water partition coefficient (Wildman–Crippen LogP) is 5.39. The highest BCUT2D eigenvalue weighted by Gasteiger charge is 2.31. The van der Waals surface area contributed by atoms with E-state index in [0.29, 0.717) is 11.4 Å². The lowest BCUT2D eigenvalue weighted by Gasteiger charge is -2.12. The molecule has 0 fully saturated rings. The van der Waals surface area contributed by atoms with Gasteiger partial charge >= 0.3 is 12.1 Å². The number of aryl methyl sites for hydroxylation is 2. The maximum Gasteiger partial charge on any atom is 0.416 e. The summed E-state index contributed by atoms with van der Waals surface area (Å²) in [5.74, 6) is -0.653. The van der Waals surface area contributed by atoms with Gasteiger partial charge in [-0.25, -0.2) is 4.68 Å². The van der Waals surface area contributed by atoms with E-state index >= 15 is 0 Å². The lowest BCUT2D eigenvalue weighted by Crippen LogP contribution is -2.07. The van der Waals surface area contributed by atoms with Crippen LogP contribution in [-0.2, 0) is 17.4 Å². The summed E-state index contributed by atoms with van der Waals surface area (Å²) >= 11 is 0. The van der Waals surface area contributed by atoms with E-state index < -0.39 is 17.7 Å². The third kappa shape index (κ3) is 6.47. The van der Waals surface area contributed by atoms with Crippen molar-refractivity contribution >= 4 is 17.5 Å². The van der Waals surface area contributed by atoms with Gasteiger partial charge in [0.2, 0.25) is 0 Å². The molecule has 0 amide bonds. The number of aliphatic carboxylic acids is 1. The highest BCUT2D eigenvalue weighted by Crippen LogP contribution is 2.35. The molecule has 172 valence electrons. The lowest BCUT2D eigenvalue weighted by molar-refractivity contribution is -0.138. The van der Waals surface area contributed by atoms with Gasteiger partial charge in [-0.05, 0) is 31.2 Å². The Balaban J connectivity index is 0.00000176. The fraction of sp³-hybridized carbons (Fsp3) is 0.318. The van der Waals surface area contributed by atoms with Gasteiger partial charge in [-0.3, -0.25) is 9.78 Å². The Morgan fingerprint density at radius 1 is 1.19 bits per heavy atom. The molecular weight excluding hydrogens is 425 g/mol. The number of carbonyl (C=O) groups is 1. The molecule has 2 N–H and O–H groups in total. The third-order valence-electron chi connectivity index (χ3n) is 4.24. The maximum absolute atomic E-state index is 13.2. The Labute approximate surface area is 183 Å². The Morgan fingerprint density at radius 3 is 2.50 bits per heavy atom. The minimum absolute atomic E-state index is 0.0441. The molecule has 0 aliphatic heterocycles. The van der Waals surface area contributed by atoms with Crippen molar-refractivity contribution in [2.45, 2.75) is 39.8 Å². The number of anilines is 2. The van der Waals surface area contributed by atoms with Crippen molar-refractivity contribution in [3.05, 3.63) is 59.5 Å². The van der Waals surface area contributed by atoms with Crippen LogP contribution in [-0.4, -0.2) is 33.0 Å². The molecule has 0 unspecified atom stereocenters. The smallest absolute Gasteiger partial charge is 0.416 e. The van der Waals surface area contributed by atoms with Crippen LogP contribution in [0.25, 0.3) is 5.69 Å². The average Bonchev–Trinajstić information content (AvgIpc) is 3.15. The summed E-state index contributed by atoms with van der Waals surface area (Å²) in [6.07, 6.45) is -2.87. The van der Waals surface area contributed by atoms with Crippen LogP contribution in [0.1, 0.15) is 37.2 Å². The minimum Gasteiger partial charge on any atom is -0.497 e. The van der Waals surface area contributed by atoms with E-state index in [1.165, 1.54) is 13.2 Å². The van der Waals surface area contributed by atoms with E-state index in [2.05, 4.69) is 15.4 Å². The number of carboxylic acid groups (broad SMARTS) is 1. The molecule has 32 heavy (non-hydrogen) atoms. The number of hydrogen-bond donors (Lipinski definition) is 2. The van der Waals surface area contributed by atoms with Gasteiger partial charge in [0.1, 0.15) is 5.75 Å². The molecule has 0 bridgehead atoms. The number of halogens is 3. The highest BCUT2D eigenvalue weighted by molar-refractivity contribution is 5.67. The molecule has 1 aromatic carbocycles. The quantitative estimate of drug-likeness (QED) is 0.502. The van der Waals surface area contributed by atoms with Gasteiger partial charge in [0.25, 0.3) is 0 Å². The van der Waals surface area contributed by atoms with E-state index in [4.69, 9.17) is 9.84 Å². The predicted molar refractivity (Wildman–Crippen MR) is 115 cm³/mol. The molecule has 3 aromatic rings. The van der Waals surface area contributed by atoms with Crippen LogP contribution < -0.4 is 10.1 Å². The van der Waals surface area contributed by atoms with E-state index in [0.717, 1.165) is 17.8 Å². The Morgan fingerprint density at radius 2 is 1.91 bits per heavy atom. The van der Waals surface area contributed by atoms with E-state index in [1.807, 2.05) is 13.8 Å². The number of alkyl halides is 3. The SMILES string of the molecule is CC.COc1cc(Nc2cc(CCC(=O)O)n(-c3ccnc(C)c3)n2)cc(C(F)(F)F)c1. The van der Waals surface area contributed by atoms with Gasteiger partial charge in [-0.15, -0.1) is 5.10 Å². The highest BCUT2D eigenvalue weighted by atomic mass is 19.4. The zero-order chi connectivity index (χ0) is 23.9. The third-order valence-corrected chi connectivity index (χ3v) is 4.24. The second-order valence-electron chi connectivity index (χ2n) is 6.55. The number of benzene rings is 1. The summed E-state index contributed by atoms with van der Waals surface area (Å²) in [7, 11) is 1.28. The number of nitrogens with zero attached hydrogens (tertiary/aromatic N) is 3. The largest absolute Gasteiger partial charge is 0.497 e. The molecule has 0 aliphatic carbocycles. The molecule has 0 saturated carbocycles. The molecule has 0 spiro atoms. The molecule has 3 rings (SSSR count). The first-order valence-corrected chi connectivity index (χ1v) is 9.93. The first kappa shape index (κ1) is 24.7. The van der Waals surface area contributed by atoms with Gasteiger partial charge < -0.3 is 15.2 Å². The minimum atomic E-state index is -4.54. The summed E-state index contributed by atoms with van der Waals surface area (Å²) in [4.78, 5) is 15.1. The first-order valence-electron chi connectivity index (χ1n) is 9.93. The Hall–Kier alpha value is -3.56. The number of pyridine rings is 1. The van der Waals surface area contributed by atoms with Crippen LogP contribution in [0.15, 0.2) is 42.6 Å². The Bertz CT molecular complexity index is 1060. The van der Waals surface area contributed by atoms with Gasteiger partial charge in [0.05, 0.1) is 24.8 Å². The number of aromatic nitrogens is 3. The Kier molecular flexibility index (Phi) is 8.22. The van der Waals surface area contributed by atoms with Crippen molar-refractivity contribution in [2.75, 3.05) is 12.4 Å². The zero-order valence-corrected chi connectivity index (χ0v) is 18.2. The molecule has 0 radical (unpaired) electrons. The van der Waals surface area contributed by atoms with Crippen LogP contribution >= 0.6 is 0 Å². The van der Waals surface area contributed by atoms with E-state index in [9.17, 15) is 18.0 Å². The van der Waals surface area contributed by atoms with Crippen LogP contribution in [0.3, 0.4) is 0 Å². The van der Waals surface area contributed by atoms with Gasteiger partial charge in [-0.2, -0.15) is 13.2 Å². The summed E-state index contributed by atoms with van der Waals surface area (Å²) in [6, 6.07) is 8.36. The van der Waals surface area contributed by atoms with Crippen molar-refractivity contribution in [1.82, 2.24) is 14.8 Å². The summed E-state index contributed by atoms with van der Waals surface area (Å²) in [5.41, 5.74) is 1.27. The van der Waals surface area contributed by atoms with Crippen LogP contribution in [0, 0.1) is 6.92 Å². The lowest BCUT2D eigenvalue weighted by atomic mass is 10.1. The molecule has 2 heterocycles. The van der Waals surface area contributed by atoms with Crippen molar-refractivity contribution in [3.8, 4) is 11.4 Å². The van der Waals surface area contributed by atoms with Crippen LogP contribution in [0.5, 0.6) is 5.75 Å². The molecule has 2 aromatic heterocycles. The van der Waals surface area contributed by atoms with Gasteiger partial charge in [0, 0.05) is 41.8 Å².